The summed E-state index contributed by atoms with van der Waals surface area (Å²) < 4.78 is 4.04. The third-order valence-corrected chi connectivity index (χ3v) is 4.24. The molecule has 0 aromatic carbocycles. The van der Waals surface area contributed by atoms with E-state index in [1.807, 2.05) is 11.5 Å². The number of hydrogen-bond donors (Lipinski definition) is 1. The van der Waals surface area contributed by atoms with E-state index < -0.39 is 11.2 Å². The molecule has 1 N–H and O–H groups in total. The summed E-state index contributed by atoms with van der Waals surface area (Å²) in [6, 6.07) is 0. The minimum Gasteiger partial charge on any atom is -0.324 e. The number of aromatic nitrogens is 5. The molecule has 0 saturated carbocycles. The van der Waals surface area contributed by atoms with E-state index in [4.69, 9.17) is 0 Å². The molecule has 0 fully saturated rings. The van der Waals surface area contributed by atoms with Gasteiger partial charge in [0.2, 0.25) is 5.43 Å². The van der Waals surface area contributed by atoms with Gasteiger partial charge < -0.3 is 9.55 Å². The number of unbranched alkanes of at least 4 members (excludes halogenated alkanes) is 1. The number of H-pyrrole nitrogens is 1. The van der Waals surface area contributed by atoms with Crippen molar-refractivity contribution in [2.75, 3.05) is 0 Å². The van der Waals surface area contributed by atoms with Crippen LogP contribution in [0.15, 0.2) is 14.4 Å². The van der Waals surface area contributed by atoms with Crippen LogP contribution in [0.5, 0.6) is 0 Å². The van der Waals surface area contributed by atoms with Crippen LogP contribution < -0.4 is 16.7 Å². The van der Waals surface area contributed by atoms with Gasteiger partial charge in [-0.2, -0.15) is 0 Å². The number of hydrogen-bond acceptors (Lipinski definition) is 4. The molecule has 0 aliphatic carbocycles. The minimum atomic E-state index is -0.591. The molecule has 0 aliphatic heterocycles. The molecular formula is C15H19N5O3. The van der Waals surface area contributed by atoms with E-state index in [1.165, 1.54) is 18.7 Å². The fourth-order valence-corrected chi connectivity index (χ4v) is 2.90. The van der Waals surface area contributed by atoms with Gasteiger partial charge in [0.25, 0.3) is 5.56 Å². The first kappa shape index (κ1) is 15.3. The molecule has 0 bridgehead atoms. The maximum atomic E-state index is 12.9. The highest BCUT2D eigenvalue weighted by Crippen LogP contribution is 2.14. The Bertz CT molecular complexity index is 1100. The molecule has 8 heteroatoms. The molecule has 0 radical (unpaired) electrons. The zero-order valence-corrected chi connectivity index (χ0v) is 13.6. The number of imidazole rings is 1. The summed E-state index contributed by atoms with van der Waals surface area (Å²) in [6.45, 7) is 4.56. The van der Waals surface area contributed by atoms with Crippen molar-refractivity contribution < 1.29 is 0 Å². The second-order valence-electron chi connectivity index (χ2n) is 5.74. The minimum absolute atomic E-state index is 0.0141. The van der Waals surface area contributed by atoms with Crippen LogP contribution in [0.3, 0.4) is 0 Å². The summed E-state index contributed by atoms with van der Waals surface area (Å²) in [5.74, 6) is 0.707. The Morgan fingerprint density at radius 2 is 1.83 bits per heavy atom. The van der Waals surface area contributed by atoms with E-state index in [-0.39, 0.29) is 16.5 Å². The normalized spacial score (nSPS) is 11.7. The Morgan fingerprint density at radius 3 is 2.48 bits per heavy atom. The van der Waals surface area contributed by atoms with Crippen LogP contribution >= 0.6 is 0 Å². The van der Waals surface area contributed by atoms with Crippen molar-refractivity contribution in [1.82, 2.24) is 23.7 Å². The van der Waals surface area contributed by atoms with Gasteiger partial charge in [0.05, 0.1) is 0 Å². The van der Waals surface area contributed by atoms with Crippen LogP contribution in [0, 0.1) is 6.92 Å². The highest BCUT2D eigenvalue weighted by Gasteiger charge is 2.19. The van der Waals surface area contributed by atoms with E-state index in [1.54, 1.807) is 0 Å². The van der Waals surface area contributed by atoms with Crippen molar-refractivity contribution in [3.05, 3.63) is 36.9 Å². The van der Waals surface area contributed by atoms with Crippen LogP contribution in [0.1, 0.15) is 25.6 Å². The van der Waals surface area contributed by atoms with E-state index in [0.717, 1.165) is 17.4 Å². The molecule has 0 unspecified atom stereocenters. The molecule has 0 saturated heterocycles. The number of rotatable bonds is 3. The van der Waals surface area contributed by atoms with Gasteiger partial charge in [-0.25, -0.2) is 9.78 Å². The fraction of sp³-hybridized carbons (Fsp3) is 0.467. The smallest absolute Gasteiger partial charge is 0.324 e. The predicted octanol–water partition coefficient (Wildman–Crippen LogP) is 0.384. The van der Waals surface area contributed by atoms with Gasteiger partial charge in [-0.15, -0.1) is 0 Å². The molecule has 0 aliphatic rings. The van der Waals surface area contributed by atoms with Gasteiger partial charge in [-0.05, 0) is 13.3 Å². The summed E-state index contributed by atoms with van der Waals surface area (Å²) in [7, 11) is 2.89. The third kappa shape index (κ3) is 2.05. The topological polar surface area (TPSA) is 94.7 Å². The van der Waals surface area contributed by atoms with Crippen molar-refractivity contribution in [3.63, 3.8) is 0 Å². The van der Waals surface area contributed by atoms with Crippen molar-refractivity contribution in [3.8, 4) is 0 Å². The molecule has 122 valence electrons. The number of aryl methyl sites for hydroxylation is 3. The van der Waals surface area contributed by atoms with Crippen molar-refractivity contribution in [2.45, 2.75) is 33.2 Å². The summed E-state index contributed by atoms with van der Waals surface area (Å²) in [4.78, 5) is 44.7. The SMILES string of the molecule is CCCCn1c(C)nc2[nH]c3c(c(=O)c21)c(=O)n(C)c(=O)n3C. The maximum Gasteiger partial charge on any atom is 0.332 e. The van der Waals surface area contributed by atoms with E-state index in [9.17, 15) is 14.4 Å². The predicted molar refractivity (Wildman–Crippen MR) is 88.0 cm³/mol. The van der Waals surface area contributed by atoms with Gasteiger partial charge in [0.1, 0.15) is 22.4 Å². The van der Waals surface area contributed by atoms with Gasteiger partial charge in [-0.3, -0.25) is 18.7 Å². The first-order valence-corrected chi connectivity index (χ1v) is 7.57. The van der Waals surface area contributed by atoms with Crippen LogP contribution in [0.25, 0.3) is 22.2 Å². The van der Waals surface area contributed by atoms with Gasteiger partial charge in [0, 0.05) is 20.6 Å². The number of aromatic amines is 1. The zero-order chi connectivity index (χ0) is 16.9. The van der Waals surface area contributed by atoms with Crippen molar-refractivity contribution >= 4 is 22.2 Å². The Hall–Kier alpha value is -2.64. The van der Waals surface area contributed by atoms with Crippen LogP contribution in [0.2, 0.25) is 0 Å². The Morgan fingerprint density at radius 1 is 1.13 bits per heavy atom. The summed E-state index contributed by atoms with van der Waals surface area (Å²) in [6.07, 6.45) is 1.90. The van der Waals surface area contributed by atoms with E-state index >= 15 is 0 Å². The van der Waals surface area contributed by atoms with Crippen LogP contribution in [0.4, 0.5) is 0 Å². The third-order valence-electron chi connectivity index (χ3n) is 4.24. The second-order valence-corrected chi connectivity index (χ2v) is 5.74. The van der Waals surface area contributed by atoms with Crippen molar-refractivity contribution in [2.24, 2.45) is 14.1 Å². The Kier molecular flexibility index (Phi) is 3.46. The van der Waals surface area contributed by atoms with Crippen molar-refractivity contribution in [1.29, 1.82) is 0 Å². The number of nitrogens with zero attached hydrogens (tertiary/aromatic N) is 4. The van der Waals surface area contributed by atoms with Gasteiger partial charge in [-0.1, -0.05) is 13.3 Å². The lowest BCUT2D eigenvalue weighted by Crippen LogP contribution is -2.39. The summed E-state index contributed by atoms with van der Waals surface area (Å²) >= 11 is 0. The standard InChI is InChI=1S/C15H19N5O3/c1-5-6-7-20-8(2)16-12-10(20)11(21)9-13(17-12)18(3)15(23)19(4)14(9)22/h5-7H2,1-4H3,(H,17,21). The highest BCUT2D eigenvalue weighted by molar-refractivity contribution is 5.87. The molecule has 23 heavy (non-hydrogen) atoms. The fourth-order valence-electron chi connectivity index (χ4n) is 2.90. The first-order chi connectivity index (χ1) is 10.9. The molecule has 3 rings (SSSR count). The summed E-state index contributed by atoms with van der Waals surface area (Å²) in [5.41, 5.74) is -0.470. The average molecular weight is 317 g/mol. The summed E-state index contributed by atoms with van der Waals surface area (Å²) in [5, 5.41) is -0.0141. The highest BCUT2D eigenvalue weighted by atomic mass is 16.2. The first-order valence-electron chi connectivity index (χ1n) is 7.57. The molecule has 0 atom stereocenters. The molecule has 0 amide bonds. The molecule has 3 heterocycles. The Labute approximate surface area is 131 Å². The molecule has 3 aromatic heterocycles. The number of fused-ring (bicyclic) bond motifs is 2. The van der Waals surface area contributed by atoms with Gasteiger partial charge >= 0.3 is 5.69 Å². The maximum absolute atomic E-state index is 12.9. The largest absolute Gasteiger partial charge is 0.332 e. The van der Waals surface area contributed by atoms with E-state index in [0.29, 0.717) is 23.5 Å². The number of pyridine rings is 1. The number of nitrogens with one attached hydrogen (secondary N) is 1. The quantitative estimate of drug-likeness (QED) is 0.755. The monoisotopic (exact) mass is 317 g/mol. The van der Waals surface area contributed by atoms with Crippen LogP contribution in [-0.2, 0) is 20.6 Å². The second kappa shape index (κ2) is 5.22. The van der Waals surface area contributed by atoms with E-state index in [2.05, 4.69) is 16.9 Å². The molecule has 8 nitrogen and oxygen atoms in total. The van der Waals surface area contributed by atoms with Crippen LogP contribution in [-0.4, -0.2) is 23.7 Å². The average Bonchev–Trinajstić information content (AvgIpc) is 2.84. The molecule has 3 aromatic rings. The molecule has 0 spiro atoms. The lowest BCUT2D eigenvalue weighted by atomic mass is 10.2. The molecular weight excluding hydrogens is 298 g/mol. The zero-order valence-electron chi connectivity index (χ0n) is 13.6. The lowest BCUT2D eigenvalue weighted by Gasteiger charge is -2.08. The van der Waals surface area contributed by atoms with Gasteiger partial charge in [0.15, 0.2) is 5.65 Å². The lowest BCUT2D eigenvalue weighted by molar-refractivity contribution is 0.630. The Balaban J connectivity index is 2.55.